The molecule has 0 saturated heterocycles. The number of carbonyl (C=O) groups excluding carboxylic acids is 1. The molecule has 1 N–H and O–H groups in total. The molecule has 2 aromatic carbocycles. The largest absolute Gasteiger partial charge is 0.465 e. The van der Waals surface area contributed by atoms with E-state index in [1.165, 1.54) is 7.11 Å². The van der Waals surface area contributed by atoms with Gasteiger partial charge in [0.25, 0.3) is 0 Å². The molecule has 3 rings (SSSR count). The van der Waals surface area contributed by atoms with E-state index in [1.807, 2.05) is 65.2 Å². The van der Waals surface area contributed by atoms with Crippen LogP contribution in [0.3, 0.4) is 0 Å². The van der Waals surface area contributed by atoms with Crippen molar-refractivity contribution in [2.45, 2.75) is 13.0 Å². The zero-order valence-corrected chi connectivity index (χ0v) is 14.5. The second-order valence-corrected chi connectivity index (χ2v) is 5.91. The fraction of sp³-hybridized carbons (Fsp3) is 0.143. The number of aromatic nitrogens is 1. The Morgan fingerprint density at radius 1 is 1.04 bits per heavy atom. The van der Waals surface area contributed by atoms with Gasteiger partial charge in [0.2, 0.25) is 0 Å². The Morgan fingerprint density at radius 2 is 1.69 bits per heavy atom. The number of oxime groups is 1. The van der Waals surface area contributed by atoms with Gasteiger partial charge in [-0.25, -0.2) is 4.79 Å². The Kier molecular flexibility index (Phi) is 5.49. The summed E-state index contributed by atoms with van der Waals surface area (Å²) in [7, 11) is 1.36. The summed E-state index contributed by atoms with van der Waals surface area (Å²) in [6, 6.07) is 21.2. The highest BCUT2D eigenvalue weighted by Gasteiger charge is 2.15. The summed E-state index contributed by atoms with van der Waals surface area (Å²) in [5.41, 5.74) is 3.83. The van der Waals surface area contributed by atoms with Crippen LogP contribution >= 0.6 is 0 Å². The number of methoxy groups -OCH3 is 1. The number of nitrogens with zero attached hydrogens (tertiary/aromatic N) is 2. The van der Waals surface area contributed by atoms with E-state index >= 15 is 0 Å². The number of benzene rings is 2. The van der Waals surface area contributed by atoms with Crippen LogP contribution in [0.25, 0.3) is 0 Å². The van der Waals surface area contributed by atoms with Gasteiger partial charge in [-0.05, 0) is 17.2 Å². The van der Waals surface area contributed by atoms with Gasteiger partial charge in [0.15, 0.2) is 0 Å². The summed E-state index contributed by atoms with van der Waals surface area (Å²) in [4.78, 5) is 11.9. The molecule has 0 atom stereocenters. The molecule has 0 aliphatic heterocycles. The van der Waals surface area contributed by atoms with Gasteiger partial charge in [0.05, 0.1) is 18.4 Å². The summed E-state index contributed by atoms with van der Waals surface area (Å²) in [5.74, 6) is -0.389. The third-order valence-corrected chi connectivity index (χ3v) is 4.18. The molecule has 0 amide bonds. The lowest BCUT2D eigenvalue weighted by atomic mass is 10.1. The number of ether oxygens (including phenoxy) is 1. The molecule has 0 aliphatic carbocycles. The Hall–Kier alpha value is -3.34. The molecule has 1 aromatic heterocycles. The molecule has 0 aliphatic rings. The van der Waals surface area contributed by atoms with Crippen molar-refractivity contribution in [2.75, 3.05) is 7.11 Å². The molecule has 0 saturated carbocycles. The number of hydrogen-bond acceptors (Lipinski definition) is 4. The third kappa shape index (κ3) is 4.00. The van der Waals surface area contributed by atoms with Crippen LogP contribution < -0.4 is 0 Å². The Labute approximate surface area is 152 Å². The Balaban J connectivity index is 1.93. The van der Waals surface area contributed by atoms with Gasteiger partial charge in [0, 0.05) is 24.9 Å². The number of hydrogen-bond donors (Lipinski definition) is 1. The second-order valence-electron chi connectivity index (χ2n) is 5.91. The first-order valence-electron chi connectivity index (χ1n) is 8.29. The Bertz CT molecular complexity index is 900. The zero-order chi connectivity index (χ0) is 18.4. The fourth-order valence-corrected chi connectivity index (χ4v) is 2.86. The molecule has 0 bridgehead atoms. The van der Waals surface area contributed by atoms with E-state index < -0.39 is 0 Å². The van der Waals surface area contributed by atoms with Gasteiger partial charge < -0.3 is 14.5 Å². The maximum Gasteiger partial charge on any atom is 0.339 e. The molecule has 26 heavy (non-hydrogen) atoms. The summed E-state index contributed by atoms with van der Waals surface area (Å²) in [6.07, 6.45) is 2.17. The van der Waals surface area contributed by atoms with Crippen LogP contribution in [0.15, 0.2) is 78.1 Å². The first-order valence-corrected chi connectivity index (χ1v) is 8.29. The van der Waals surface area contributed by atoms with Crippen LogP contribution in [0.1, 0.15) is 27.2 Å². The molecular formula is C21H20N2O3. The topological polar surface area (TPSA) is 63.8 Å². The molecule has 0 spiro atoms. The molecule has 3 aromatic rings. The normalized spacial score (nSPS) is 11.3. The van der Waals surface area contributed by atoms with Gasteiger partial charge in [-0.2, -0.15) is 0 Å². The fourth-order valence-electron chi connectivity index (χ4n) is 2.86. The van der Waals surface area contributed by atoms with Crippen molar-refractivity contribution in [2.24, 2.45) is 5.16 Å². The summed E-state index contributed by atoms with van der Waals surface area (Å²) < 4.78 is 6.82. The highest BCUT2D eigenvalue weighted by Crippen LogP contribution is 2.16. The van der Waals surface area contributed by atoms with Gasteiger partial charge in [-0.15, -0.1) is 0 Å². The minimum Gasteiger partial charge on any atom is -0.465 e. The molecule has 0 radical (unpaired) electrons. The van der Waals surface area contributed by atoms with Crippen molar-refractivity contribution in [1.82, 2.24) is 4.57 Å². The number of esters is 1. The smallest absolute Gasteiger partial charge is 0.339 e. The summed E-state index contributed by atoms with van der Waals surface area (Å²) in [6.45, 7) is 0.612. The highest BCUT2D eigenvalue weighted by molar-refractivity contribution is 6.01. The van der Waals surface area contributed by atoms with Gasteiger partial charge in [0.1, 0.15) is 0 Å². The quantitative estimate of drug-likeness (QED) is 0.319. The van der Waals surface area contributed by atoms with Crippen LogP contribution in [0.4, 0.5) is 0 Å². The van der Waals surface area contributed by atoms with E-state index in [0.717, 1.165) is 16.8 Å². The van der Waals surface area contributed by atoms with Crippen LogP contribution in [0.2, 0.25) is 0 Å². The zero-order valence-electron chi connectivity index (χ0n) is 14.5. The van der Waals surface area contributed by atoms with Crippen LogP contribution in [0, 0.1) is 0 Å². The lowest BCUT2D eigenvalue weighted by molar-refractivity contribution is 0.0600. The van der Waals surface area contributed by atoms with E-state index in [2.05, 4.69) is 5.16 Å². The molecule has 0 fully saturated rings. The summed E-state index contributed by atoms with van der Waals surface area (Å²) in [5, 5.41) is 12.9. The van der Waals surface area contributed by atoms with Gasteiger partial charge >= 0.3 is 5.97 Å². The van der Waals surface area contributed by atoms with Crippen molar-refractivity contribution < 1.29 is 14.7 Å². The third-order valence-electron chi connectivity index (χ3n) is 4.18. The van der Waals surface area contributed by atoms with E-state index in [1.54, 1.807) is 12.3 Å². The first kappa shape index (κ1) is 17.5. The van der Waals surface area contributed by atoms with Crippen molar-refractivity contribution in [3.8, 4) is 0 Å². The van der Waals surface area contributed by atoms with Crippen LogP contribution in [-0.2, 0) is 17.7 Å². The van der Waals surface area contributed by atoms with Crippen molar-refractivity contribution in [1.29, 1.82) is 0 Å². The number of carbonyl (C=O) groups is 1. The van der Waals surface area contributed by atoms with Crippen molar-refractivity contribution >= 4 is 11.7 Å². The highest BCUT2D eigenvalue weighted by atomic mass is 16.5. The molecular weight excluding hydrogens is 328 g/mol. The van der Waals surface area contributed by atoms with Crippen LogP contribution in [0.5, 0.6) is 0 Å². The predicted molar refractivity (Wildman–Crippen MR) is 99.8 cm³/mol. The number of rotatable bonds is 6. The summed E-state index contributed by atoms with van der Waals surface area (Å²) >= 11 is 0. The average molecular weight is 348 g/mol. The molecule has 5 nitrogen and oxygen atoms in total. The molecule has 5 heteroatoms. The first-order chi connectivity index (χ1) is 12.7. The average Bonchev–Trinajstić information content (AvgIpc) is 3.09. The molecule has 0 unspecified atom stereocenters. The lowest BCUT2D eigenvalue weighted by Gasteiger charge is -2.10. The van der Waals surface area contributed by atoms with E-state index in [-0.39, 0.29) is 5.97 Å². The maximum absolute atomic E-state index is 11.9. The second kappa shape index (κ2) is 8.16. The SMILES string of the molecule is COC(=O)c1cc(C/C(=N/O)c2ccccc2)n(Cc2ccccc2)c1. The lowest BCUT2D eigenvalue weighted by Crippen LogP contribution is -2.10. The molecule has 132 valence electrons. The van der Waals surface area contributed by atoms with Gasteiger partial charge in [-0.3, -0.25) is 0 Å². The predicted octanol–water partition coefficient (Wildman–Crippen LogP) is 3.74. The van der Waals surface area contributed by atoms with E-state index in [4.69, 9.17) is 4.74 Å². The van der Waals surface area contributed by atoms with E-state index in [9.17, 15) is 10.0 Å². The minimum absolute atomic E-state index is 0.389. The van der Waals surface area contributed by atoms with Crippen LogP contribution in [-0.4, -0.2) is 28.6 Å². The molecule has 1 heterocycles. The van der Waals surface area contributed by atoms with E-state index in [0.29, 0.717) is 24.2 Å². The maximum atomic E-state index is 11.9. The van der Waals surface area contributed by atoms with Gasteiger partial charge in [-0.1, -0.05) is 65.8 Å². The van der Waals surface area contributed by atoms with Crippen molar-refractivity contribution in [3.63, 3.8) is 0 Å². The monoisotopic (exact) mass is 348 g/mol. The van der Waals surface area contributed by atoms with Crippen molar-refractivity contribution in [3.05, 3.63) is 95.3 Å². The minimum atomic E-state index is -0.389. The standard InChI is InChI=1S/C21H20N2O3/c1-26-21(24)18-12-19(13-20(22-25)17-10-6-3-7-11-17)23(15-18)14-16-8-4-2-5-9-16/h2-12,15,25H,13-14H2,1H3/b22-20-. The Morgan fingerprint density at radius 3 is 2.31 bits per heavy atom.